The average Bonchev–Trinajstić information content (AvgIpc) is 2.49. The van der Waals surface area contributed by atoms with Crippen LogP contribution in [0.15, 0.2) is 11.6 Å². The summed E-state index contributed by atoms with van der Waals surface area (Å²) in [6.45, 7) is 15.1. The van der Waals surface area contributed by atoms with E-state index < -0.39 is 0 Å². The fourth-order valence-electron chi connectivity index (χ4n) is 2.14. The molecule has 0 N–H and O–H groups in total. The van der Waals surface area contributed by atoms with E-state index >= 15 is 0 Å². The van der Waals surface area contributed by atoms with Crippen LogP contribution in [-0.2, 0) is 4.79 Å². The van der Waals surface area contributed by atoms with Crippen LogP contribution in [0.4, 0.5) is 0 Å². The standard InChI is InChI=1S/C15H28N2O/c1-13(2)7-10-16-8-6-9-17(12-11-16)14(18)15(3,4)5/h7H,6,8-12H2,1-5H3. The van der Waals surface area contributed by atoms with Crippen molar-refractivity contribution in [2.24, 2.45) is 5.41 Å². The van der Waals surface area contributed by atoms with E-state index in [1.54, 1.807) is 0 Å². The van der Waals surface area contributed by atoms with Crippen LogP contribution >= 0.6 is 0 Å². The van der Waals surface area contributed by atoms with Crippen LogP contribution in [0, 0.1) is 5.41 Å². The van der Waals surface area contributed by atoms with Gasteiger partial charge in [0, 0.05) is 38.1 Å². The van der Waals surface area contributed by atoms with Crippen molar-refractivity contribution >= 4 is 5.91 Å². The van der Waals surface area contributed by atoms with E-state index in [0.717, 1.165) is 39.1 Å². The lowest BCUT2D eigenvalue weighted by Crippen LogP contribution is -2.41. The second kappa shape index (κ2) is 6.37. The molecule has 1 saturated heterocycles. The zero-order valence-electron chi connectivity index (χ0n) is 12.6. The number of carbonyl (C=O) groups is 1. The zero-order valence-corrected chi connectivity index (χ0v) is 12.6. The van der Waals surface area contributed by atoms with E-state index in [9.17, 15) is 4.79 Å². The van der Waals surface area contributed by atoms with Gasteiger partial charge in [0.1, 0.15) is 0 Å². The minimum atomic E-state index is -0.255. The first-order chi connectivity index (χ1) is 8.30. The highest BCUT2D eigenvalue weighted by Gasteiger charge is 2.28. The van der Waals surface area contributed by atoms with Crippen molar-refractivity contribution in [2.45, 2.75) is 41.0 Å². The van der Waals surface area contributed by atoms with Gasteiger partial charge in [-0.05, 0) is 20.3 Å². The Morgan fingerprint density at radius 1 is 1.11 bits per heavy atom. The topological polar surface area (TPSA) is 23.6 Å². The Hall–Kier alpha value is -0.830. The predicted molar refractivity (Wildman–Crippen MR) is 76.5 cm³/mol. The fraction of sp³-hybridized carbons (Fsp3) is 0.800. The zero-order chi connectivity index (χ0) is 13.8. The highest BCUT2D eigenvalue weighted by molar-refractivity contribution is 5.81. The van der Waals surface area contributed by atoms with Gasteiger partial charge < -0.3 is 4.90 Å². The van der Waals surface area contributed by atoms with E-state index in [0.29, 0.717) is 0 Å². The van der Waals surface area contributed by atoms with Crippen LogP contribution in [0.5, 0.6) is 0 Å². The molecule has 0 aromatic heterocycles. The molecule has 0 saturated carbocycles. The summed E-state index contributed by atoms with van der Waals surface area (Å²) in [6.07, 6.45) is 3.35. The average molecular weight is 252 g/mol. The van der Waals surface area contributed by atoms with Crippen molar-refractivity contribution in [3.05, 3.63) is 11.6 Å². The Morgan fingerprint density at radius 3 is 2.33 bits per heavy atom. The molecule has 0 bridgehead atoms. The summed E-state index contributed by atoms with van der Waals surface area (Å²) < 4.78 is 0. The van der Waals surface area contributed by atoms with E-state index in [1.807, 2.05) is 25.7 Å². The molecule has 1 heterocycles. The van der Waals surface area contributed by atoms with E-state index in [-0.39, 0.29) is 11.3 Å². The molecule has 3 heteroatoms. The molecule has 1 fully saturated rings. The van der Waals surface area contributed by atoms with Crippen molar-refractivity contribution in [3.8, 4) is 0 Å². The lowest BCUT2D eigenvalue weighted by Gasteiger charge is -2.28. The summed E-state index contributed by atoms with van der Waals surface area (Å²) in [7, 11) is 0. The highest BCUT2D eigenvalue weighted by atomic mass is 16.2. The predicted octanol–water partition coefficient (Wildman–Crippen LogP) is 2.53. The Balaban J connectivity index is 2.51. The third-order valence-corrected chi connectivity index (χ3v) is 3.28. The summed E-state index contributed by atoms with van der Waals surface area (Å²) in [5.41, 5.74) is 1.11. The summed E-state index contributed by atoms with van der Waals surface area (Å²) in [4.78, 5) is 16.7. The molecule has 0 aliphatic carbocycles. The minimum Gasteiger partial charge on any atom is -0.341 e. The maximum absolute atomic E-state index is 12.2. The number of hydrogen-bond acceptors (Lipinski definition) is 2. The maximum Gasteiger partial charge on any atom is 0.227 e. The van der Waals surface area contributed by atoms with Gasteiger partial charge in [-0.15, -0.1) is 0 Å². The molecule has 0 radical (unpaired) electrons. The van der Waals surface area contributed by atoms with Gasteiger partial charge in [0.2, 0.25) is 5.91 Å². The van der Waals surface area contributed by atoms with Crippen LogP contribution in [0.3, 0.4) is 0 Å². The van der Waals surface area contributed by atoms with Crippen molar-refractivity contribution < 1.29 is 4.79 Å². The molecule has 104 valence electrons. The van der Waals surface area contributed by atoms with Gasteiger partial charge in [0.05, 0.1) is 0 Å². The minimum absolute atomic E-state index is 0.255. The smallest absolute Gasteiger partial charge is 0.227 e. The van der Waals surface area contributed by atoms with Crippen LogP contribution < -0.4 is 0 Å². The number of hydrogen-bond donors (Lipinski definition) is 0. The molecule has 18 heavy (non-hydrogen) atoms. The van der Waals surface area contributed by atoms with E-state index in [4.69, 9.17) is 0 Å². The van der Waals surface area contributed by atoms with Gasteiger partial charge in [-0.3, -0.25) is 9.69 Å². The summed E-state index contributed by atoms with van der Waals surface area (Å²) in [5, 5.41) is 0. The van der Waals surface area contributed by atoms with Gasteiger partial charge in [0.25, 0.3) is 0 Å². The third-order valence-electron chi connectivity index (χ3n) is 3.28. The Kier molecular flexibility index (Phi) is 5.39. The van der Waals surface area contributed by atoms with Crippen molar-refractivity contribution in [1.29, 1.82) is 0 Å². The third kappa shape index (κ3) is 4.81. The van der Waals surface area contributed by atoms with Gasteiger partial charge in [-0.2, -0.15) is 0 Å². The molecule has 3 nitrogen and oxygen atoms in total. The molecule has 0 spiro atoms. The molecule has 1 rings (SSSR count). The first-order valence-electron chi connectivity index (χ1n) is 6.96. The van der Waals surface area contributed by atoms with E-state index in [1.165, 1.54) is 5.57 Å². The van der Waals surface area contributed by atoms with Crippen LogP contribution in [-0.4, -0.2) is 48.4 Å². The molecule has 1 aliphatic heterocycles. The van der Waals surface area contributed by atoms with Crippen molar-refractivity contribution in [1.82, 2.24) is 9.80 Å². The first kappa shape index (κ1) is 15.2. The van der Waals surface area contributed by atoms with Crippen molar-refractivity contribution in [2.75, 3.05) is 32.7 Å². The van der Waals surface area contributed by atoms with Gasteiger partial charge in [-0.1, -0.05) is 32.4 Å². The lowest BCUT2D eigenvalue weighted by atomic mass is 9.94. The normalized spacial score (nSPS) is 18.4. The van der Waals surface area contributed by atoms with Crippen LogP contribution in [0.1, 0.15) is 41.0 Å². The molecular weight excluding hydrogens is 224 g/mol. The van der Waals surface area contributed by atoms with E-state index in [2.05, 4.69) is 24.8 Å². The summed E-state index contributed by atoms with van der Waals surface area (Å²) in [5.74, 6) is 0.284. The van der Waals surface area contributed by atoms with Crippen LogP contribution in [0.2, 0.25) is 0 Å². The molecular formula is C15H28N2O. The molecule has 1 amide bonds. The molecule has 1 aliphatic rings. The Bertz CT molecular complexity index is 311. The highest BCUT2D eigenvalue weighted by Crippen LogP contribution is 2.18. The van der Waals surface area contributed by atoms with Gasteiger partial charge in [-0.25, -0.2) is 0 Å². The largest absolute Gasteiger partial charge is 0.341 e. The van der Waals surface area contributed by atoms with Crippen LogP contribution in [0.25, 0.3) is 0 Å². The van der Waals surface area contributed by atoms with Gasteiger partial charge >= 0.3 is 0 Å². The summed E-state index contributed by atoms with van der Waals surface area (Å²) >= 11 is 0. The number of nitrogens with zero attached hydrogens (tertiary/aromatic N) is 2. The second-order valence-corrected chi connectivity index (χ2v) is 6.48. The number of allylic oxidation sites excluding steroid dienone is 1. The fourth-order valence-corrected chi connectivity index (χ4v) is 2.14. The molecule has 0 atom stereocenters. The quantitative estimate of drug-likeness (QED) is 0.705. The molecule has 0 aromatic carbocycles. The maximum atomic E-state index is 12.2. The second-order valence-electron chi connectivity index (χ2n) is 6.48. The molecule has 0 unspecified atom stereocenters. The number of amides is 1. The van der Waals surface area contributed by atoms with Gasteiger partial charge in [0.15, 0.2) is 0 Å². The van der Waals surface area contributed by atoms with Crippen molar-refractivity contribution in [3.63, 3.8) is 0 Å². The monoisotopic (exact) mass is 252 g/mol. The lowest BCUT2D eigenvalue weighted by molar-refractivity contribution is -0.139. The number of rotatable bonds is 2. The summed E-state index contributed by atoms with van der Waals surface area (Å²) in [6, 6.07) is 0. The first-order valence-corrected chi connectivity index (χ1v) is 6.96. The Morgan fingerprint density at radius 2 is 1.78 bits per heavy atom. The Labute approximate surface area is 112 Å². The SMILES string of the molecule is CC(C)=CCN1CCCN(C(=O)C(C)(C)C)CC1. The molecule has 0 aromatic rings. The number of carbonyl (C=O) groups excluding carboxylic acids is 1.